The van der Waals surface area contributed by atoms with Gasteiger partial charge in [0, 0.05) is 39.3 Å². The zero-order valence-electron chi connectivity index (χ0n) is 20.8. The van der Waals surface area contributed by atoms with Crippen LogP contribution in [-0.2, 0) is 22.7 Å². The zero-order valence-corrected chi connectivity index (χ0v) is 20.8. The van der Waals surface area contributed by atoms with E-state index in [0.717, 1.165) is 30.6 Å². The molecule has 0 aliphatic carbocycles. The molecule has 0 radical (unpaired) electrons. The molecule has 1 fully saturated rings. The number of hydrogen-bond acceptors (Lipinski definition) is 4. The minimum atomic E-state index is -0.300. The molecule has 6 nitrogen and oxygen atoms in total. The van der Waals surface area contributed by atoms with Gasteiger partial charge in [0.1, 0.15) is 11.6 Å². The van der Waals surface area contributed by atoms with Crippen LogP contribution in [0, 0.1) is 11.6 Å². The third kappa shape index (κ3) is 8.40. The Bertz CT molecular complexity index is 910. The molecule has 2 aromatic carbocycles. The lowest BCUT2D eigenvalue weighted by Crippen LogP contribution is -2.43. The average Bonchev–Trinajstić information content (AvgIpc) is 3.05. The monoisotopic (exact) mass is 486 g/mol. The molecule has 0 N–H and O–H groups in total. The van der Waals surface area contributed by atoms with Crippen LogP contribution in [0.4, 0.5) is 8.78 Å². The van der Waals surface area contributed by atoms with Crippen molar-refractivity contribution in [1.82, 2.24) is 19.6 Å². The number of benzene rings is 2. The molecule has 2 amide bonds. The molecule has 8 heteroatoms. The Hall–Kier alpha value is -2.84. The summed E-state index contributed by atoms with van der Waals surface area (Å²) in [5.41, 5.74) is 1.55. The molecule has 1 saturated heterocycles. The van der Waals surface area contributed by atoms with Gasteiger partial charge in [-0.15, -0.1) is 0 Å². The molecule has 190 valence electrons. The van der Waals surface area contributed by atoms with Gasteiger partial charge in [-0.2, -0.15) is 0 Å². The fraction of sp³-hybridized carbons (Fsp3) is 0.481. The number of carbonyl (C=O) groups excluding carboxylic acids is 2. The van der Waals surface area contributed by atoms with Crippen molar-refractivity contribution in [2.75, 3.05) is 52.4 Å². The summed E-state index contributed by atoms with van der Waals surface area (Å²) in [4.78, 5) is 33.6. The van der Waals surface area contributed by atoms with Crippen molar-refractivity contribution in [3.8, 4) is 0 Å². The smallest absolute Gasteiger partial charge is 0.237 e. The maximum atomic E-state index is 13.5. The first kappa shape index (κ1) is 26.8. The van der Waals surface area contributed by atoms with Crippen LogP contribution in [-0.4, -0.2) is 83.8 Å². The van der Waals surface area contributed by atoms with Crippen LogP contribution < -0.4 is 0 Å². The summed E-state index contributed by atoms with van der Waals surface area (Å²) in [5, 5.41) is 0. The Morgan fingerprint density at radius 1 is 0.743 bits per heavy atom. The SMILES string of the molecule is CCN(Cc1cccc(F)c1)C(=O)CN1CCCN(CC(=O)N(CC)Cc2cccc(F)c2)CC1. The normalized spacial score (nSPS) is 15.0. The van der Waals surface area contributed by atoms with Crippen LogP contribution in [0.5, 0.6) is 0 Å². The van der Waals surface area contributed by atoms with Gasteiger partial charge in [-0.1, -0.05) is 24.3 Å². The summed E-state index contributed by atoms with van der Waals surface area (Å²) < 4.78 is 27.0. The Morgan fingerprint density at radius 2 is 1.17 bits per heavy atom. The molecule has 0 spiro atoms. The van der Waals surface area contributed by atoms with Crippen LogP contribution in [0.25, 0.3) is 0 Å². The van der Waals surface area contributed by atoms with Crippen molar-refractivity contribution in [2.45, 2.75) is 33.4 Å². The minimum absolute atomic E-state index is 0.0218. The van der Waals surface area contributed by atoms with Crippen LogP contribution in [0.15, 0.2) is 48.5 Å². The van der Waals surface area contributed by atoms with Gasteiger partial charge < -0.3 is 9.80 Å². The van der Waals surface area contributed by atoms with Crippen LogP contribution in [0.3, 0.4) is 0 Å². The molecular weight excluding hydrogens is 450 g/mol. The largest absolute Gasteiger partial charge is 0.338 e. The van der Waals surface area contributed by atoms with Crippen molar-refractivity contribution in [3.63, 3.8) is 0 Å². The van der Waals surface area contributed by atoms with Crippen molar-refractivity contribution < 1.29 is 18.4 Å². The molecule has 0 aromatic heterocycles. The van der Waals surface area contributed by atoms with Gasteiger partial charge in [-0.3, -0.25) is 19.4 Å². The van der Waals surface area contributed by atoms with Crippen molar-refractivity contribution >= 4 is 11.8 Å². The first-order chi connectivity index (χ1) is 16.9. The fourth-order valence-corrected chi connectivity index (χ4v) is 4.39. The highest BCUT2D eigenvalue weighted by Gasteiger charge is 2.22. The molecule has 0 saturated carbocycles. The van der Waals surface area contributed by atoms with Crippen LogP contribution >= 0.6 is 0 Å². The van der Waals surface area contributed by atoms with E-state index in [2.05, 4.69) is 9.80 Å². The van der Waals surface area contributed by atoms with Crippen molar-refractivity contribution in [3.05, 3.63) is 71.3 Å². The second kappa shape index (κ2) is 13.3. The molecule has 2 aromatic rings. The predicted molar refractivity (Wildman–Crippen MR) is 132 cm³/mol. The van der Waals surface area contributed by atoms with Gasteiger partial charge in [0.2, 0.25) is 11.8 Å². The van der Waals surface area contributed by atoms with E-state index in [1.807, 2.05) is 26.0 Å². The number of amides is 2. The third-order valence-electron chi connectivity index (χ3n) is 6.39. The fourth-order valence-electron chi connectivity index (χ4n) is 4.39. The highest BCUT2D eigenvalue weighted by molar-refractivity contribution is 5.78. The lowest BCUT2D eigenvalue weighted by Gasteiger charge is -2.27. The van der Waals surface area contributed by atoms with Crippen LogP contribution in [0.1, 0.15) is 31.4 Å². The van der Waals surface area contributed by atoms with Gasteiger partial charge in [-0.25, -0.2) is 8.78 Å². The number of likely N-dealkylation sites (N-methyl/N-ethyl adjacent to an activating group) is 2. The molecule has 3 rings (SSSR count). The zero-order chi connectivity index (χ0) is 25.2. The molecule has 35 heavy (non-hydrogen) atoms. The Morgan fingerprint density at radius 3 is 1.54 bits per heavy atom. The number of halogens is 2. The molecule has 1 heterocycles. The number of nitrogens with zero attached hydrogens (tertiary/aromatic N) is 4. The molecule has 0 bridgehead atoms. The summed E-state index contributed by atoms with van der Waals surface area (Å²) in [7, 11) is 0. The first-order valence-corrected chi connectivity index (χ1v) is 12.4. The number of rotatable bonds is 10. The third-order valence-corrected chi connectivity index (χ3v) is 6.39. The van der Waals surface area contributed by atoms with E-state index in [4.69, 9.17) is 0 Å². The molecule has 0 unspecified atom stereocenters. The molecular formula is C27H36F2N4O2. The van der Waals surface area contributed by atoms with Crippen molar-refractivity contribution in [1.29, 1.82) is 0 Å². The second-order valence-corrected chi connectivity index (χ2v) is 8.98. The lowest BCUT2D eigenvalue weighted by atomic mass is 10.2. The van der Waals surface area contributed by atoms with E-state index >= 15 is 0 Å². The maximum absolute atomic E-state index is 13.5. The van der Waals surface area contributed by atoms with E-state index in [9.17, 15) is 18.4 Å². The van der Waals surface area contributed by atoms with E-state index in [1.165, 1.54) is 24.3 Å². The average molecular weight is 487 g/mol. The Kier molecular flexibility index (Phi) is 10.2. The summed E-state index contributed by atoms with van der Waals surface area (Å²) in [6.07, 6.45) is 0.868. The maximum Gasteiger partial charge on any atom is 0.237 e. The van der Waals surface area contributed by atoms with E-state index in [0.29, 0.717) is 52.4 Å². The van der Waals surface area contributed by atoms with E-state index < -0.39 is 0 Å². The predicted octanol–water partition coefficient (Wildman–Crippen LogP) is 3.37. The molecule has 0 atom stereocenters. The van der Waals surface area contributed by atoms with E-state index in [-0.39, 0.29) is 23.4 Å². The summed E-state index contributed by atoms with van der Waals surface area (Å²) in [6, 6.07) is 12.7. The quantitative estimate of drug-likeness (QED) is 0.517. The topological polar surface area (TPSA) is 47.1 Å². The molecule has 1 aliphatic rings. The van der Waals surface area contributed by atoms with Gasteiger partial charge in [-0.05, 0) is 68.8 Å². The van der Waals surface area contributed by atoms with Gasteiger partial charge in [0.05, 0.1) is 13.1 Å². The summed E-state index contributed by atoms with van der Waals surface area (Å²) in [6.45, 7) is 9.34. The second-order valence-electron chi connectivity index (χ2n) is 8.98. The number of carbonyl (C=O) groups is 2. The Labute approximate surface area is 207 Å². The highest BCUT2D eigenvalue weighted by Crippen LogP contribution is 2.11. The van der Waals surface area contributed by atoms with Gasteiger partial charge in [0.25, 0.3) is 0 Å². The Balaban J connectivity index is 1.48. The van der Waals surface area contributed by atoms with Crippen molar-refractivity contribution in [2.24, 2.45) is 0 Å². The summed E-state index contributed by atoms with van der Waals surface area (Å²) >= 11 is 0. The van der Waals surface area contributed by atoms with Gasteiger partial charge >= 0.3 is 0 Å². The minimum Gasteiger partial charge on any atom is -0.338 e. The highest BCUT2D eigenvalue weighted by atomic mass is 19.1. The van der Waals surface area contributed by atoms with Gasteiger partial charge in [0.15, 0.2) is 0 Å². The number of hydrogen-bond donors (Lipinski definition) is 0. The lowest BCUT2D eigenvalue weighted by molar-refractivity contribution is -0.134. The molecule has 1 aliphatic heterocycles. The van der Waals surface area contributed by atoms with E-state index in [1.54, 1.807) is 21.9 Å². The standard InChI is InChI=1S/C27H36F2N4O2/c1-3-32(18-22-8-5-10-24(28)16-22)26(34)20-30-12-7-13-31(15-14-30)21-27(35)33(4-2)19-23-9-6-11-25(29)17-23/h5-6,8-11,16-17H,3-4,7,12-15,18-21H2,1-2H3. The first-order valence-electron chi connectivity index (χ1n) is 12.4. The van der Waals surface area contributed by atoms with Crippen LogP contribution in [0.2, 0.25) is 0 Å². The summed E-state index contributed by atoms with van der Waals surface area (Å²) in [5.74, 6) is -0.557.